The van der Waals surface area contributed by atoms with Crippen LogP contribution in [0.15, 0.2) is 152 Å². The van der Waals surface area contributed by atoms with Crippen LogP contribution in [0.1, 0.15) is 16.9 Å². The van der Waals surface area contributed by atoms with Crippen molar-refractivity contribution in [3.63, 3.8) is 0 Å². The van der Waals surface area contributed by atoms with E-state index in [4.69, 9.17) is 11.2 Å². The fourth-order valence-corrected chi connectivity index (χ4v) is 12.2. The maximum absolute atomic E-state index is 8.57. The monoisotopic (exact) mass is 492 g/mol. The second-order valence-electron chi connectivity index (χ2n) is 8.65. The van der Waals surface area contributed by atoms with Crippen LogP contribution < -0.4 is 20.5 Å². The molecular weight excluding hydrogens is 465 g/mol. The molecule has 172 valence electrons. The molecular formula is C32H28ClNP+. The van der Waals surface area contributed by atoms with Crippen molar-refractivity contribution in [2.75, 3.05) is 0 Å². The van der Waals surface area contributed by atoms with E-state index < -0.39 is 5.96 Å². The molecule has 0 aliphatic carbocycles. The van der Waals surface area contributed by atoms with Gasteiger partial charge in [0, 0.05) is 0 Å². The number of halogens is 1. The molecule has 3 heteroatoms. The van der Waals surface area contributed by atoms with Crippen LogP contribution in [0.25, 0.3) is 6.08 Å². The summed E-state index contributed by atoms with van der Waals surface area (Å²) in [5.41, 5.74) is 2.23. The molecule has 5 rings (SSSR count). The number of aromatic nitrogens is 1. The van der Waals surface area contributed by atoms with E-state index in [-0.39, 0.29) is 5.78 Å². The van der Waals surface area contributed by atoms with Crippen LogP contribution in [-0.4, -0.2) is 0 Å². The van der Waals surface area contributed by atoms with Gasteiger partial charge in [-0.2, -0.15) is 0 Å². The average Bonchev–Trinajstić information content (AvgIpc) is 2.95. The zero-order valence-electron chi connectivity index (χ0n) is 19.5. The van der Waals surface area contributed by atoms with Gasteiger partial charge in [0.1, 0.15) is 0 Å². The Kier molecular flexibility index (Phi) is 6.39. The molecule has 35 heavy (non-hydrogen) atoms. The average molecular weight is 493 g/mol. The number of pyridine rings is 1. The maximum atomic E-state index is 8.57. The Morgan fingerprint density at radius 2 is 0.971 bits per heavy atom. The zero-order chi connectivity index (χ0) is 24.2. The molecule has 4 aromatic carbocycles. The van der Waals surface area contributed by atoms with Crippen LogP contribution in [0.5, 0.6) is 0 Å². The minimum atomic E-state index is -3.69. The van der Waals surface area contributed by atoms with E-state index in [1.807, 2.05) is 12.1 Å². The molecule has 0 saturated heterocycles. The molecule has 5 aromatic rings. The van der Waals surface area contributed by atoms with Crippen molar-refractivity contribution in [2.45, 2.75) is 5.78 Å². The molecule has 0 radical (unpaired) electrons. The molecule has 0 bridgehead atoms. The van der Waals surface area contributed by atoms with Crippen LogP contribution in [0, 0.1) is 0 Å². The molecule has 0 saturated carbocycles. The van der Waals surface area contributed by atoms with E-state index in [2.05, 4.69) is 151 Å². The third kappa shape index (κ3) is 3.82. The van der Waals surface area contributed by atoms with Crippen molar-refractivity contribution in [3.05, 3.63) is 164 Å². The first kappa shape index (κ1) is 23.2. The van der Waals surface area contributed by atoms with Crippen molar-refractivity contribution in [3.8, 4) is 0 Å². The van der Waals surface area contributed by atoms with Gasteiger partial charge in [-0.25, -0.2) is 0 Å². The van der Waals surface area contributed by atoms with Crippen LogP contribution in [-0.2, 0) is 0 Å². The van der Waals surface area contributed by atoms with Gasteiger partial charge in [-0.3, -0.25) is 0 Å². The van der Waals surface area contributed by atoms with Crippen LogP contribution in [0.2, 0.25) is 0 Å². The first-order valence-electron chi connectivity index (χ1n) is 11.7. The first-order valence-corrected chi connectivity index (χ1v) is 15.0. The predicted octanol–water partition coefficient (Wildman–Crippen LogP) is 6.85. The molecule has 1 atom stereocenters. The summed E-state index contributed by atoms with van der Waals surface area (Å²) in [6, 6.07) is 46.7. The first-order chi connectivity index (χ1) is 17.2. The summed E-state index contributed by atoms with van der Waals surface area (Å²) in [6.45, 7) is 3.95. The van der Waals surface area contributed by atoms with Crippen LogP contribution >= 0.6 is 17.2 Å². The molecule has 1 aromatic heterocycles. The summed E-state index contributed by atoms with van der Waals surface area (Å²) in [6.07, 6.45) is 6.13. The van der Waals surface area contributed by atoms with Crippen molar-refractivity contribution < 1.29 is 4.57 Å². The molecule has 0 aliphatic heterocycles. The van der Waals surface area contributed by atoms with Gasteiger partial charge in [0.25, 0.3) is 0 Å². The van der Waals surface area contributed by atoms with Gasteiger partial charge >= 0.3 is 213 Å². The topological polar surface area (TPSA) is 3.88 Å². The van der Waals surface area contributed by atoms with E-state index in [1.54, 1.807) is 0 Å². The summed E-state index contributed by atoms with van der Waals surface area (Å²) >= 11 is 8.57. The van der Waals surface area contributed by atoms with Crippen molar-refractivity contribution in [1.82, 2.24) is 0 Å². The summed E-state index contributed by atoms with van der Waals surface area (Å²) in [4.78, 5) is 0. The van der Waals surface area contributed by atoms with Gasteiger partial charge in [-0.15, -0.1) is 0 Å². The van der Waals surface area contributed by atoms with E-state index >= 15 is 0 Å². The predicted molar refractivity (Wildman–Crippen MR) is 152 cm³/mol. The molecule has 1 unspecified atom stereocenters. The van der Waals surface area contributed by atoms with Crippen molar-refractivity contribution >= 4 is 39.2 Å². The number of hydrogen-bond donors (Lipinski definition) is 0. The second kappa shape index (κ2) is 9.62. The van der Waals surface area contributed by atoms with Crippen LogP contribution in [0.4, 0.5) is 0 Å². The summed E-state index contributed by atoms with van der Waals surface area (Å²) in [5.74, 6) is -3.87. The molecule has 0 fully saturated rings. The fraction of sp³-hybridized carbons (Fsp3) is 0.0312. The Balaban J connectivity index is 1.99. The molecule has 1 nitrogen and oxygen atoms in total. The Labute approximate surface area is 212 Å². The molecule has 0 N–H and O–H groups in total. The van der Waals surface area contributed by atoms with E-state index in [1.165, 1.54) is 0 Å². The molecule has 0 aliphatic rings. The summed E-state index contributed by atoms with van der Waals surface area (Å²) in [5, 5.41) is 3.39. The SMILES string of the molecule is C=Cc1ccc(C([n+]2ccccc2)P(Cl)(c2ccccc2)(c2ccccc2)c2ccccc2)cc1. The van der Waals surface area contributed by atoms with Gasteiger partial charge in [0.05, 0.1) is 0 Å². The Bertz CT molecular complexity index is 1300. The zero-order valence-corrected chi connectivity index (χ0v) is 21.1. The molecule has 0 spiro atoms. The summed E-state index contributed by atoms with van der Waals surface area (Å²) in [7, 11) is 0. The van der Waals surface area contributed by atoms with Crippen LogP contribution in [0.3, 0.4) is 0 Å². The third-order valence-electron chi connectivity index (χ3n) is 6.73. The number of nitrogens with zero attached hydrogens (tertiary/aromatic N) is 1. The van der Waals surface area contributed by atoms with Gasteiger partial charge in [-0.1, -0.05) is 0 Å². The number of hydrogen-bond acceptors (Lipinski definition) is 0. The Morgan fingerprint density at radius 1 is 0.571 bits per heavy atom. The van der Waals surface area contributed by atoms with Gasteiger partial charge in [0.15, 0.2) is 0 Å². The number of rotatable bonds is 7. The minimum absolute atomic E-state index is 0.185. The van der Waals surface area contributed by atoms with Gasteiger partial charge in [-0.05, 0) is 0 Å². The number of benzene rings is 4. The van der Waals surface area contributed by atoms with Gasteiger partial charge < -0.3 is 0 Å². The quantitative estimate of drug-likeness (QED) is 0.173. The van der Waals surface area contributed by atoms with Crippen molar-refractivity contribution in [1.29, 1.82) is 0 Å². The summed E-state index contributed by atoms with van der Waals surface area (Å²) < 4.78 is 2.28. The van der Waals surface area contributed by atoms with Gasteiger partial charge in [0.2, 0.25) is 0 Å². The molecule has 1 heterocycles. The van der Waals surface area contributed by atoms with E-state index in [0.717, 1.165) is 27.0 Å². The fourth-order valence-electron chi connectivity index (χ4n) is 5.11. The Morgan fingerprint density at radius 3 is 1.37 bits per heavy atom. The van der Waals surface area contributed by atoms with E-state index in [9.17, 15) is 0 Å². The normalized spacial score (nSPS) is 13.3. The standard InChI is InChI=1S/C32H28ClNP/c1-2-27-21-23-28(24-22-27)32(34-25-13-6-14-26-34)35(33,29-15-7-3-8-16-29,30-17-9-4-10-18-30)31-19-11-5-12-20-31/h2-26,32H,1H2/q+1. The van der Waals surface area contributed by atoms with E-state index in [0.29, 0.717) is 0 Å². The Hall–Kier alpha value is -3.51. The second-order valence-corrected chi connectivity index (χ2v) is 14.9. The molecule has 0 amide bonds. The van der Waals surface area contributed by atoms with Crippen molar-refractivity contribution in [2.24, 2.45) is 0 Å². The third-order valence-corrected chi connectivity index (χ3v) is 14.5.